The lowest BCUT2D eigenvalue weighted by molar-refractivity contribution is 0.0697. The van der Waals surface area contributed by atoms with Gasteiger partial charge in [0.25, 0.3) is 5.91 Å². The van der Waals surface area contributed by atoms with Crippen LogP contribution in [0.3, 0.4) is 0 Å². The van der Waals surface area contributed by atoms with Gasteiger partial charge in [0.1, 0.15) is 0 Å². The molecular formula is C16H22N2O4. The molecule has 1 aromatic rings. The topological polar surface area (TPSA) is 81.1 Å². The minimum absolute atomic E-state index is 0.0255. The van der Waals surface area contributed by atoms with E-state index in [4.69, 9.17) is 10.2 Å². The van der Waals surface area contributed by atoms with Gasteiger partial charge in [0, 0.05) is 30.7 Å². The SMILES string of the molecule is C[C@@H]1[C@H](N(C)CCO)CCN1C(=O)c1cccc(C(=O)O)c1. The zero-order valence-electron chi connectivity index (χ0n) is 12.9. The highest BCUT2D eigenvalue weighted by atomic mass is 16.4. The molecule has 1 amide bonds. The van der Waals surface area contributed by atoms with Crippen molar-refractivity contribution in [3.8, 4) is 0 Å². The first-order chi connectivity index (χ1) is 10.5. The summed E-state index contributed by atoms with van der Waals surface area (Å²) in [5.74, 6) is -1.18. The third-order valence-corrected chi connectivity index (χ3v) is 4.35. The Hall–Kier alpha value is -1.92. The molecule has 1 aromatic carbocycles. The molecule has 0 bridgehead atoms. The van der Waals surface area contributed by atoms with E-state index < -0.39 is 5.97 Å². The lowest BCUT2D eigenvalue weighted by Crippen LogP contribution is -2.44. The lowest BCUT2D eigenvalue weighted by Gasteiger charge is -2.30. The predicted octanol–water partition coefficient (Wildman–Crippen LogP) is 0.912. The van der Waals surface area contributed by atoms with Crippen LogP contribution in [0.4, 0.5) is 0 Å². The number of carbonyl (C=O) groups excluding carboxylic acids is 1. The Kier molecular flexibility index (Phi) is 5.15. The molecule has 0 spiro atoms. The first-order valence-corrected chi connectivity index (χ1v) is 7.41. The standard InChI is InChI=1S/C16H22N2O4/c1-11-14(17(2)8-9-19)6-7-18(11)15(20)12-4-3-5-13(10-12)16(21)22/h3-5,10-11,14,19H,6-9H2,1-2H3,(H,21,22)/t11-,14-/m1/s1. The molecule has 120 valence electrons. The van der Waals surface area contributed by atoms with Crippen molar-refractivity contribution in [2.24, 2.45) is 0 Å². The summed E-state index contributed by atoms with van der Waals surface area (Å²) in [6.07, 6.45) is 0.849. The summed E-state index contributed by atoms with van der Waals surface area (Å²) in [4.78, 5) is 27.5. The van der Waals surface area contributed by atoms with Crippen molar-refractivity contribution in [3.05, 3.63) is 35.4 Å². The van der Waals surface area contributed by atoms with Crippen molar-refractivity contribution < 1.29 is 19.8 Å². The quantitative estimate of drug-likeness (QED) is 0.845. The maximum Gasteiger partial charge on any atom is 0.335 e. The van der Waals surface area contributed by atoms with Crippen LogP contribution >= 0.6 is 0 Å². The molecule has 1 fully saturated rings. The molecule has 0 aromatic heterocycles. The Morgan fingerprint density at radius 1 is 1.36 bits per heavy atom. The Morgan fingerprint density at radius 2 is 2.05 bits per heavy atom. The van der Waals surface area contributed by atoms with Crippen LogP contribution in [0, 0.1) is 0 Å². The third-order valence-electron chi connectivity index (χ3n) is 4.35. The van der Waals surface area contributed by atoms with Crippen LogP contribution < -0.4 is 0 Å². The fraction of sp³-hybridized carbons (Fsp3) is 0.500. The number of benzene rings is 1. The molecule has 2 atom stereocenters. The summed E-state index contributed by atoms with van der Waals surface area (Å²) < 4.78 is 0. The van der Waals surface area contributed by atoms with Crippen LogP contribution in [0.2, 0.25) is 0 Å². The van der Waals surface area contributed by atoms with E-state index in [1.807, 2.05) is 14.0 Å². The molecule has 0 unspecified atom stereocenters. The Morgan fingerprint density at radius 3 is 2.68 bits per heavy atom. The molecule has 0 radical (unpaired) electrons. The Bertz CT molecular complexity index is 561. The first-order valence-electron chi connectivity index (χ1n) is 7.41. The second-order valence-corrected chi connectivity index (χ2v) is 5.69. The molecule has 6 heteroatoms. The van der Waals surface area contributed by atoms with Crippen LogP contribution in [0.25, 0.3) is 0 Å². The number of hydrogen-bond acceptors (Lipinski definition) is 4. The van der Waals surface area contributed by atoms with Crippen LogP contribution in [0.15, 0.2) is 24.3 Å². The van der Waals surface area contributed by atoms with E-state index in [0.717, 1.165) is 6.42 Å². The van der Waals surface area contributed by atoms with Crippen molar-refractivity contribution in [1.29, 1.82) is 0 Å². The predicted molar refractivity (Wildman–Crippen MR) is 82.0 cm³/mol. The van der Waals surface area contributed by atoms with E-state index in [0.29, 0.717) is 18.7 Å². The number of nitrogens with zero attached hydrogens (tertiary/aromatic N) is 2. The number of carboxylic acids is 1. The van der Waals surface area contributed by atoms with E-state index in [2.05, 4.69) is 4.90 Å². The highest BCUT2D eigenvalue weighted by Crippen LogP contribution is 2.24. The molecule has 2 N–H and O–H groups in total. The smallest absolute Gasteiger partial charge is 0.335 e. The molecule has 0 saturated carbocycles. The van der Waals surface area contributed by atoms with Gasteiger partial charge in [-0.05, 0) is 38.6 Å². The van der Waals surface area contributed by atoms with Crippen molar-refractivity contribution in [1.82, 2.24) is 9.80 Å². The van der Waals surface area contributed by atoms with Gasteiger partial charge in [0.15, 0.2) is 0 Å². The van der Waals surface area contributed by atoms with Gasteiger partial charge in [-0.3, -0.25) is 9.69 Å². The molecule has 1 aliphatic rings. The number of likely N-dealkylation sites (tertiary alicyclic amines) is 1. The normalized spacial score (nSPS) is 21.4. The van der Waals surface area contributed by atoms with Crippen molar-refractivity contribution in [2.75, 3.05) is 26.7 Å². The van der Waals surface area contributed by atoms with E-state index in [1.54, 1.807) is 17.0 Å². The molecule has 1 saturated heterocycles. The summed E-state index contributed by atoms with van der Waals surface area (Å²) in [5, 5.41) is 18.1. The Balaban J connectivity index is 2.13. The highest BCUT2D eigenvalue weighted by molar-refractivity contribution is 5.97. The van der Waals surface area contributed by atoms with E-state index in [-0.39, 0.29) is 30.2 Å². The van der Waals surface area contributed by atoms with Gasteiger partial charge in [0.2, 0.25) is 0 Å². The number of aromatic carboxylic acids is 1. The van der Waals surface area contributed by atoms with Crippen molar-refractivity contribution in [3.63, 3.8) is 0 Å². The van der Waals surface area contributed by atoms with Crippen LogP contribution in [-0.2, 0) is 0 Å². The number of aliphatic hydroxyl groups excluding tert-OH is 1. The first kappa shape index (κ1) is 16.5. The van der Waals surface area contributed by atoms with E-state index in [1.165, 1.54) is 12.1 Å². The summed E-state index contributed by atoms with van der Waals surface area (Å²) in [7, 11) is 1.94. The maximum absolute atomic E-state index is 12.6. The van der Waals surface area contributed by atoms with Gasteiger partial charge in [-0.2, -0.15) is 0 Å². The number of likely N-dealkylation sites (N-methyl/N-ethyl adjacent to an activating group) is 1. The van der Waals surface area contributed by atoms with Crippen LogP contribution in [0.5, 0.6) is 0 Å². The second-order valence-electron chi connectivity index (χ2n) is 5.69. The number of aliphatic hydroxyl groups is 1. The lowest BCUT2D eigenvalue weighted by atomic mass is 10.1. The minimum atomic E-state index is -1.04. The average Bonchev–Trinajstić information content (AvgIpc) is 2.88. The number of rotatable bonds is 5. The fourth-order valence-corrected chi connectivity index (χ4v) is 3.07. The summed E-state index contributed by atoms with van der Waals surface area (Å²) in [6, 6.07) is 6.36. The minimum Gasteiger partial charge on any atom is -0.478 e. The highest BCUT2D eigenvalue weighted by Gasteiger charge is 2.36. The number of carboxylic acid groups (broad SMARTS) is 1. The van der Waals surface area contributed by atoms with Gasteiger partial charge in [0.05, 0.1) is 12.2 Å². The van der Waals surface area contributed by atoms with Gasteiger partial charge in [-0.1, -0.05) is 6.07 Å². The Labute approximate surface area is 130 Å². The second kappa shape index (κ2) is 6.89. The monoisotopic (exact) mass is 306 g/mol. The zero-order chi connectivity index (χ0) is 16.3. The van der Waals surface area contributed by atoms with Gasteiger partial charge in [-0.15, -0.1) is 0 Å². The number of hydrogen-bond donors (Lipinski definition) is 2. The zero-order valence-corrected chi connectivity index (χ0v) is 12.9. The van der Waals surface area contributed by atoms with Gasteiger partial charge < -0.3 is 15.1 Å². The summed E-state index contributed by atoms with van der Waals surface area (Å²) in [5.41, 5.74) is 0.517. The molecule has 1 heterocycles. The third kappa shape index (κ3) is 3.28. The summed E-state index contributed by atoms with van der Waals surface area (Å²) >= 11 is 0. The number of amides is 1. The maximum atomic E-state index is 12.6. The van der Waals surface area contributed by atoms with Gasteiger partial charge >= 0.3 is 5.97 Å². The molecular weight excluding hydrogens is 284 g/mol. The van der Waals surface area contributed by atoms with Crippen molar-refractivity contribution >= 4 is 11.9 Å². The number of carbonyl (C=O) groups is 2. The molecule has 2 rings (SSSR count). The molecule has 22 heavy (non-hydrogen) atoms. The van der Waals surface area contributed by atoms with Crippen LogP contribution in [-0.4, -0.2) is 70.7 Å². The molecule has 1 aliphatic heterocycles. The summed E-state index contributed by atoms with van der Waals surface area (Å²) in [6.45, 7) is 3.29. The van der Waals surface area contributed by atoms with Crippen LogP contribution in [0.1, 0.15) is 34.1 Å². The van der Waals surface area contributed by atoms with E-state index in [9.17, 15) is 9.59 Å². The molecule has 6 nitrogen and oxygen atoms in total. The fourth-order valence-electron chi connectivity index (χ4n) is 3.07. The van der Waals surface area contributed by atoms with E-state index >= 15 is 0 Å². The van der Waals surface area contributed by atoms with Gasteiger partial charge in [-0.25, -0.2) is 4.79 Å². The van der Waals surface area contributed by atoms with Crippen molar-refractivity contribution in [2.45, 2.75) is 25.4 Å². The largest absolute Gasteiger partial charge is 0.478 e. The average molecular weight is 306 g/mol. The molecule has 0 aliphatic carbocycles.